The predicted octanol–water partition coefficient (Wildman–Crippen LogP) is 3.15. The summed E-state index contributed by atoms with van der Waals surface area (Å²) in [5.41, 5.74) is -0.410. The van der Waals surface area contributed by atoms with E-state index in [-0.39, 0.29) is 18.0 Å². The van der Waals surface area contributed by atoms with E-state index in [4.69, 9.17) is 4.74 Å². The van der Waals surface area contributed by atoms with Crippen molar-refractivity contribution in [3.63, 3.8) is 0 Å². The van der Waals surface area contributed by atoms with E-state index in [1.54, 1.807) is 6.20 Å². The molecule has 0 aliphatic carbocycles. The number of imidazole rings is 1. The molecule has 0 unspecified atom stereocenters. The second-order valence-electron chi connectivity index (χ2n) is 7.92. The van der Waals surface area contributed by atoms with Crippen molar-refractivity contribution in [2.75, 3.05) is 26.2 Å². The molecule has 0 N–H and O–H groups in total. The van der Waals surface area contributed by atoms with Crippen LogP contribution < -0.4 is 0 Å². The third-order valence-electron chi connectivity index (χ3n) is 5.95. The molecule has 150 valence electrons. The van der Waals surface area contributed by atoms with Crippen molar-refractivity contribution < 1.29 is 14.3 Å². The average Bonchev–Trinajstić information content (AvgIpc) is 3.21. The maximum atomic E-state index is 12.8. The molecule has 0 radical (unpaired) electrons. The summed E-state index contributed by atoms with van der Waals surface area (Å²) in [5, 5.41) is 0. The van der Waals surface area contributed by atoms with Gasteiger partial charge >= 0.3 is 6.09 Å². The van der Waals surface area contributed by atoms with Gasteiger partial charge in [-0.2, -0.15) is 0 Å². The molecule has 0 bridgehead atoms. The number of nitrogens with zero attached hydrogens (tertiary/aromatic N) is 4. The van der Waals surface area contributed by atoms with E-state index in [1.807, 2.05) is 34.4 Å². The lowest BCUT2D eigenvalue weighted by Crippen LogP contribution is -2.50. The molecular formula is C20H32N4O3. The number of carbonyl (C=O) groups is 2. The highest BCUT2D eigenvalue weighted by Crippen LogP contribution is 2.34. The van der Waals surface area contributed by atoms with E-state index < -0.39 is 5.60 Å². The lowest BCUT2D eigenvalue weighted by atomic mass is 9.91. The van der Waals surface area contributed by atoms with Gasteiger partial charge in [-0.3, -0.25) is 4.79 Å². The number of hydrogen-bond acceptors (Lipinski definition) is 4. The molecule has 0 aromatic carbocycles. The first kappa shape index (κ1) is 19.7. The van der Waals surface area contributed by atoms with Crippen LogP contribution in [0.2, 0.25) is 0 Å². The summed E-state index contributed by atoms with van der Waals surface area (Å²) in [5.74, 6) is 0.944. The summed E-state index contributed by atoms with van der Waals surface area (Å²) in [6.07, 6.45) is 9.39. The zero-order valence-electron chi connectivity index (χ0n) is 16.8. The van der Waals surface area contributed by atoms with Gasteiger partial charge in [0, 0.05) is 44.9 Å². The molecule has 3 heterocycles. The number of carbonyl (C=O) groups excluding carboxylic acids is 2. The van der Waals surface area contributed by atoms with Crippen LogP contribution in [0.3, 0.4) is 0 Å². The molecule has 1 atom stereocenters. The van der Waals surface area contributed by atoms with Gasteiger partial charge in [0.15, 0.2) is 0 Å². The van der Waals surface area contributed by atoms with Crippen molar-refractivity contribution in [1.82, 2.24) is 19.4 Å². The summed E-state index contributed by atoms with van der Waals surface area (Å²) in [4.78, 5) is 33.0. The molecular weight excluding hydrogens is 344 g/mol. The standard InChI is InChI=1S/C20H32N4O3/c1-4-5-6-7-11-23-15-20(27-19(23)26)8-12-22(13-9-20)18(25)16(2)24-14-10-21-17(24)3/h10,14,16H,4-9,11-13,15H2,1-3H3/t16-/m1/s1. The molecule has 1 aromatic heterocycles. The molecule has 1 spiro atoms. The lowest BCUT2D eigenvalue weighted by Gasteiger charge is -2.38. The maximum Gasteiger partial charge on any atom is 0.410 e. The molecule has 2 fully saturated rings. The third-order valence-corrected chi connectivity index (χ3v) is 5.95. The van der Waals surface area contributed by atoms with E-state index in [0.717, 1.165) is 25.2 Å². The smallest absolute Gasteiger partial charge is 0.410 e. The van der Waals surface area contributed by atoms with Crippen molar-refractivity contribution in [2.45, 2.75) is 70.9 Å². The molecule has 3 rings (SSSR count). The van der Waals surface area contributed by atoms with E-state index in [1.165, 1.54) is 12.8 Å². The first-order chi connectivity index (χ1) is 13.0. The number of amides is 2. The third kappa shape index (κ3) is 4.28. The normalized spacial score (nSPS) is 20.2. The Hall–Kier alpha value is -2.05. The average molecular weight is 377 g/mol. The number of piperidine rings is 1. The number of ether oxygens (including phenoxy) is 1. The number of rotatable bonds is 7. The van der Waals surface area contributed by atoms with E-state index in [9.17, 15) is 9.59 Å². The zero-order chi connectivity index (χ0) is 19.4. The Bertz CT molecular complexity index is 664. The highest BCUT2D eigenvalue weighted by Gasteiger charge is 2.47. The topological polar surface area (TPSA) is 67.7 Å². The van der Waals surface area contributed by atoms with E-state index >= 15 is 0 Å². The molecule has 2 aliphatic rings. The first-order valence-corrected chi connectivity index (χ1v) is 10.2. The van der Waals surface area contributed by atoms with Crippen molar-refractivity contribution in [2.24, 2.45) is 0 Å². The molecule has 7 heteroatoms. The Morgan fingerprint density at radius 3 is 2.67 bits per heavy atom. The Balaban J connectivity index is 1.52. The Labute approximate surface area is 161 Å². The summed E-state index contributed by atoms with van der Waals surface area (Å²) in [7, 11) is 0. The summed E-state index contributed by atoms with van der Waals surface area (Å²) in [6.45, 7) is 8.71. The second-order valence-corrected chi connectivity index (χ2v) is 7.92. The maximum absolute atomic E-state index is 12.8. The Morgan fingerprint density at radius 1 is 1.30 bits per heavy atom. The fraction of sp³-hybridized carbons (Fsp3) is 0.750. The summed E-state index contributed by atoms with van der Waals surface area (Å²) >= 11 is 0. The fourth-order valence-electron chi connectivity index (χ4n) is 4.17. The minimum Gasteiger partial charge on any atom is -0.441 e. The van der Waals surface area contributed by atoms with Gasteiger partial charge in [-0.25, -0.2) is 9.78 Å². The van der Waals surface area contributed by atoms with Crippen LogP contribution in [0.25, 0.3) is 0 Å². The zero-order valence-corrected chi connectivity index (χ0v) is 16.8. The van der Waals surface area contributed by atoms with Gasteiger partial charge in [-0.1, -0.05) is 26.2 Å². The summed E-state index contributed by atoms with van der Waals surface area (Å²) in [6, 6.07) is -0.261. The number of aryl methyl sites for hydroxylation is 1. The van der Waals surface area contributed by atoms with Crippen LogP contribution in [0.1, 0.15) is 64.2 Å². The molecule has 27 heavy (non-hydrogen) atoms. The van der Waals surface area contributed by atoms with Gasteiger partial charge in [0.1, 0.15) is 17.5 Å². The van der Waals surface area contributed by atoms with Gasteiger partial charge < -0.3 is 19.1 Å². The molecule has 0 saturated carbocycles. The molecule has 2 aliphatic heterocycles. The highest BCUT2D eigenvalue weighted by atomic mass is 16.6. The van der Waals surface area contributed by atoms with Gasteiger partial charge in [0.2, 0.25) is 5.91 Å². The minimum atomic E-state index is -0.410. The Kier molecular flexibility index (Phi) is 6.07. The number of likely N-dealkylation sites (tertiary alicyclic amines) is 1. The molecule has 7 nitrogen and oxygen atoms in total. The second kappa shape index (κ2) is 8.31. The SMILES string of the molecule is CCCCCCN1CC2(CCN(C(=O)[C@@H](C)n3ccnc3C)CC2)OC1=O. The predicted molar refractivity (Wildman–Crippen MR) is 102 cm³/mol. The Morgan fingerprint density at radius 2 is 2.04 bits per heavy atom. The minimum absolute atomic E-state index is 0.103. The monoisotopic (exact) mass is 376 g/mol. The highest BCUT2D eigenvalue weighted by molar-refractivity contribution is 5.80. The molecule has 2 amide bonds. The van der Waals surface area contributed by atoms with Crippen LogP contribution >= 0.6 is 0 Å². The fourth-order valence-corrected chi connectivity index (χ4v) is 4.17. The van der Waals surface area contributed by atoms with Crippen molar-refractivity contribution in [3.05, 3.63) is 18.2 Å². The van der Waals surface area contributed by atoms with Gasteiger partial charge in [-0.15, -0.1) is 0 Å². The molecule has 2 saturated heterocycles. The van der Waals surface area contributed by atoms with Crippen molar-refractivity contribution in [1.29, 1.82) is 0 Å². The van der Waals surface area contributed by atoms with Crippen LogP contribution in [-0.2, 0) is 9.53 Å². The quantitative estimate of drug-likeness (QED) is 0.686. The summed E-state index contributed by atoms with van der Waals surface area (Å²) < 4.78 is 7.68. The van der Waals surface area contributed by atoms with E-state index in [0.29, 0.717) is 32.5 Å². The number of unbranched alkanes of at least 4 members (excludes halogenated alkanes) is 3. The van der Waals surface area contributed by atoms with Gasteiger partial charge in [0.05, 0.1) is 6.54 Å². The van der Waals surface area contributed by atoms with Crippen LogP contribution in [-0.4, -0.2) is 63.1 Å². The first-order valence-electron chi connectivity index (χ1n) is 10.2. The van der Waals surface area contributed by atoms with Crippen LogP contribution in [0, 0.1) is 6.92 Å². The molecule has 1 aromatic rings. The van der Waals surface area contributed by atoms with Crippen LogP contribution in [0.4, 0.5) is 4.79 Å². The van der Waals surface area contributed by atoms with Crippen molar-refractivity contribution >= 4 is 12.0 Å². The van der Waals surface area contributed by atoms with Gasteiger partial charge in [0.25, 0.3) is 0 Å². The number of hydrogen-bond donors (Lipinski definition) is 0. The van der Waals surface area contributed by atoms with Gasteiger partial charge in [-0.05, 0) is 20.3 Å². The van der Waals surface area contributed by atoms with E-state index in [2.05, 4.69) is 11.9 Å². The largest absolute Gasteiger partial charge is 0.441 e. The van der Waals surface area contributed by atoms with Crippen LogP contribution in [0.15, 0.2) is 12.4 Å². The van der Waals surface area contributed by atoms with Crippen molar-refractivity contribution in [3.8, 4) is 0 Å². The van der Waals surface area contributed by atoms with Crippen LogP contribution in [0.5, 0.6) is 0 Å². The lowest BCUT2D eigenvalue weighted by molar-refractivity contribution is -0.137. The number of aromatic nitrogens is 2.